The van der Waals surface area contributed by atoms with Crippen molar-refractivity contribution in [1.82, 2.24) is 0 Å². The summed E-state index contributed by atoms with van der Waals surface area (Å²) in [4.78, 5) is 0. The summed E-state index contributed by atoms with van der Waals surface area (Å²) >= 11 is 1.85. The smallest absolute Gasteiger partial charge is 0.143 e. The van der Waals surface area contributed by atoms with Crippen LogP contribution < -0.4 is 0 Å². The van der Waals surface area contributed by atoms with E-state index >= 15 is 0 Å². The van der Waals surface area contributed by atoms with Crippen molar-refractivity contribution in [3.63, 3.8) is 0 Å². The first-order valence-corrected chi connectivity index (χ1v) is 15.5. The molecule has 0 saturated heterocycles. The van der Waals surface area contributed by atoms with Crippen molar-refractivity contribution in [2.45, 2.75) is 82.8 Å². The van der Waals surface area contributed by atoms with Gasteiger partial charge in [-0.05, 0) is 28.9 Å². The number of unbranched alkanes of at least 4 members (excludes halogenated alkanes) is 9. The molecule has 3 aromatic rings. The van der Waals surface area contributed by atoms with Crippen molar-refractivity contribution >= 4 is 11.8 Å². The summed E-state index contributed by atoms with van der Waals surface area (Å²) in [7, 11) is 0. The fourth-order valence-electron chi connectivity index (χ4n) is 4.95. The maximum absolute atomic E-state index is 10.9. The lowest BCUT2D eigenvalue weighted by atomic mass is 9.80. The summed E-state index contributed by atoms with van der Waals surface area (Å²) < 4.78 is 6.74. The van der Waals surface area contributed by atoms with E-state index in [0.717, 1.165) is 22.4 Å². The molecule has 0 amide bonds. The molecule has 1 N–H and O–H groups in total. The first kappa shape index (κ1) is 29.5. The summed E-state index contributed by atoms with van der Waals surface area (Å²) in [6.45, 7) is 2.56. The minimum Gasteiger partial charge on any atom is -0.390 e. The van der Waals surface area contributed by atoms with Gasteiger partial charge in [0.2, 0.25) is 0 Å². The largest absolute Gasteiger partial charge is 0.390 e. The maximum Gasteiger partial charge on any atom is 0.143 e. The SMILES string of the molecule is CCCCCCCCCCCCSC[C@H](O)COC(c1ccccc1)(c1ccccc1)c1ccccc1. The van der Waals surface area contributed by atoms with Crippen LogP contribution in [0.1, 0.15) is 87.8 Å². The van der Waals surface area contributed by atoms with E-state index in [2.05, 4.69) is 79.7 Å². The Hall–Kier alpha value is -2.07. The number of aliphatic hydroxyl groups excluding tert-OH is 1. The molecule has 3 rings (SSSR count). The zero-order chi connectivity index (χ0) is 26.0. The summed E-state index contributed by atoms with van der Waals surface area (Å²) in [5, 5.41) is 10.9. The lowest BCUT2D eigenvalue weighted by Gasteiger charge is -2.36. The Kier molecular flexibility index (Phi) is 13.9. The average Bonchev–Trinajstić information content (AvgIpc) is 2.96. The molecule has 200 valence electrons. The van der Waals surface area contributed by atoms with Crippen molar-refractivity contribution in [3.05, 3.63) is 108 Å². The molecule has 0 bridgehead atoms. The van der Waals surface area contributed by atoms with Crippen LogP contribution in [0.25, 0.3) is 0 Å². The Bertz CT molecular complexity index is 849. The Morgan fingerprint density at radius 2 is 1.03 bits per heavy atom. The van der Waals surface area contributed by atoms with Crippen LogP contribution in [0.4, 0.5) is 0 Å². The third kappa shape index (κ3) is 9.63. The minimum atomic E-state index is -0.772. The van der Waals surface area contributed by atoms with E-state index in [-0.39, 0.29) is 6.61 Å². The van der Waals surface area contributed by atoms with Crippen LogP contribution in [0.5, 0.6) is 0 Å². The van der Waals surface area contributed by atoms with Gasteiger partial charge in [0, 0.05) is 5.75 Å². The number of thioether (sulfide) groups is 1. The van der Waals surface area contributed by atoms with Crippen LogP contribution in [-0.4, -0.2) is 29.3 Å². The van der Waals surface area contributed by atoms with Gasteiger partial charge < -0.3 is 9.84 Å². The third-order valence-corrected chi connectivity index (χ3v) is 8.18. The molecule has 0 aromatic heterocycles. The summed E-state index contributed by atoms with van der Waals surface area (Å²) in [5.74, 6) is 1.81. The van der Waals surface area contributed by atoms with Crippen LogP contribution in [0, 0.1) is 0 Å². The standard InChI is InChI=1S/C34H46O2S/c1-2-3-4-5-6-7-8-9-10-20-27-37-29-33(35)28-36-34(30-21-14-11-15-22-30,31-23-16-12-17-24-31)32-25-18-13-19-26-32/h11-19,21-26,33,35H,2-10,20,27-29H2,1H3/t33-/m1/s1. The monoisotopic (exact) mass is 518 g/mol. The van der Waals surface area contributed by atoms with Crippen molar-refractivity contribution in [3.8, 4) is 0 Å². The van der Waals surface area contributed by atoms with E-state index in [1.807, 2.05) is 30.0 Å². The molecule has 0 aliphatic rings. The predicted molar refractivity (Wildman–Crippen MR) is 160 cm³/mol. The lowest BCUT2D eigenvalue weighted by molar-refractivity contribution is -0.0311. The molecule has 0 aliphatic carbocycles. The molecule has 37 heavy (non-hydrogen) atoms. The molecule has 0 unspecified atom stereocenters. The van der Waals surface area contributed by atoms with Gasteiger partial charge in [-0.1, -0.05) is 156 Å². The van der Waals surface area contributed by atoms with Gasteiger partial charge in [-0.3, -0.25) is 0 Å². The number of rotatable bonds is 19. The van der Waals surface area contributed by atoms with Crippen LogP contribution in [0.2, 0.25) is 0 Å². The number of aliphatic hydroxyl groups is 1. The zero-order valence-electron chi connectivity index (χ0n) is 22.7. The molecule has 2 nitrogen and oxygen atoms in total. The molecule has 0 radical (unpaired) electrons. The first-order chi connectivity index (χ1) is 18.3. The van der Waals surface area contributed by atoms with Crippen LogP contribution in [0.15, 0.2) is 91.0 Å². The van der Waals surface area contributed by atoms with E-state index in [1.54, 1.807) is 0 Å². The van der Waals surface area contributed by atoms with Crippen molar-refractivity contribution < 1.29 is 9.84 Å². The summed E-state index contributed by atoms with van der Waals surface area (Å²) in [5.41, 5.74) is 2.43. The van der Waals surface area contributed by atoms with Gasteiger partial charge in [0.15, 0.2) is 0 Å². The molecule has 3 aromatic carbocycles. The fraction of sp³-hybridized carbons (Fsp3) is 0.471. The van der Waals surface area contributed by atoms with Crippen LogP contribution in [0.3, 0.4) is 0 Å². The van der Waals surface area contributed by atoms with E-state index in [0.29, 0.717) is 5.75 Å². The van der Waals surface area contributed by atoms with Gasteiger partial charge in [0.25, 0.3) is 0 Å². The highest BCUT2D eigenvalue weighted by molar-refractivity contribution is 7.99. The van der Waals surface area contributed by atoms with Crippen molar-refractivity contribution in [2.75, 3.05) is 18.1 Å². The van der Waals surface area contributed by atoms with E-state index in [9.17, 15) is 5.11 Å². The second-order valence-electron chi connectivity index (χ2n) is 10.0. The molecular formula is C34H46O2S. The highest BCUT2D eigenvalue weighted by Gasteiger charge is 2.37. The van der Waals surface area contributed by atoms with E-state index in [4.69, 9.17) is 4.74 Å². The molecular weight excluding hydrogens is 472 g/mol. The molecule has 3 heteroatoms. The number of ether oxygens (including phenoxy) is 1. The zero-order valence-corrected chi connectivity index (χ0v) is 23.5. The molecule has 0 saturated carbocycles. The molecule has 0 aliphatic heterocycles. The Morgan fingerprint density at radius 3 is 1.46 bits per heavy atom. The number of benzene rings is 3. The predicted octanol–water partition coefficient (Wildman–Crippen LogP) is 9.01. The first-order valence-electron chi connectivity index (χ1n) is 14.3. The average molecular weight is 519 g/mol. The Balaban J connectivity index is 1.50. The minimum absolute atomic E-state index is 0.281. The molecule has 0 fully saturated rings. The van der Waals surface area contributed by atoms with Gasteiger partial charge in [-0.25, -0.2) is 0 Å². The normalized spacial score (nSPS) is 12.5. The fourth-order valence-corrected chi connectivity index (χ4v) is 5.89. The number of hydrogen-bond acceptors (Lipinski definition) is 3. The van der Waals surface area contributed by atoms with Crippen molar-refractivity contribution in [2.24, 2.45) is 0 Å². The maximum atomic E-state index is 10.9. The van der Waals surface area contributed by atoms with E-state index < -0.39 is 11.7 Å². The highest BCUT2D eigenvalue weighted by atomic mass is 32.2. The Morgan fingerprint density at radius 1 is 0.622 bits per heavy atom. The highest BCUT2D eigenvalue weighted by Crippen LogP contribution is 2.40. The second kappa shape index (κ2) is 17.4. The van der Waals surface area contributed by atoms with Gasteiger partial charge in [-0.15, -0.1) is 0 Å². The van der Waals surface area contributed by atoms with Gasteiger partial charge in [0.1, 0.15) is 5.60 Å². The third-order valence-electron chi connectivity index (χ3n) is 6.99. The topological polar surface area (TPSA) is 29.5 Å². The summed E-state index contributed by atoms with van der Waals surface area (Å²) in [6.07, 6.45) is 13.0. The van der Waals surface area contributed by atoms with Crippen molar-refractivity contribution in [1.29, 1.82) is 0 Å². The van der Waals surface area contributed by atoms with E-state index in [1.165, 1.54) is 64.2 Å². The van der Waals surface area contributed by atoms with Crippen LogP contribution in [-0.2, 0) is 10.3 Å². The Labute approximate surface area is 229 Å². The van der Waals surface area contributed by atoms with Gasteiger partial charge >= 0.3 is 0 Å². The molecule has 1 atom stereocenters. The van der Waals surface area contributed by atoms with Gasteiger partial charge in [-0.2, -0.15) is 11.8 Å². The lowest BCUT2D eigenvalue weighted by Crippen LogP contribution is -2.36. The quantitative estimate of drug-likeness (QED) is 0.127. The molecule has 0 heterocycles. The van der Waals surface area contributed by atoms with Gasteiger partial charge in [0.05, 0.1) is 12.7 Å². The number of hydrogen-bond donors (Lipinski definition) is 1. The summed E-state index contributed by atoms with van der Waals surface area (Å²) in [6, 6.07) is 31.1. The van der Waals surface area contributed by atoms with Crippen LogP contribution >= 0.6 is 11.8 Å². The second-order valence-corrected chi connectivity index (χ2v) is 11.2. The molecule has 0 spiro atoms.